The van der Waals surface area contributed by atoms with Crippen molar-refractivity contribution in [2.75, 3.05) is 39.3 Å². The highest BCUT2D eigenvalue weighted by molar-refractivity contribution is 6.06. The Bertz CT molecular complexity index is 630. The smallest absolute Gasteiger partial charge is 0.233 e. The fraction of sp³-hybridized carbons (Fsp3) is 0.773. The molecule has 0 radical (unpaired) electrons. The minimum atomic E-state index is -0.0949. The molecule has 2 amide bonds. The summed E-state index contributed by atoms with van der Waals surface area (Å²) >= 11 is 0. The lowest BCUT2D eigenvalue weighted by molar-refractivity contribution is -0.140. The van der Waals surface area contributed by atoms with Crippen LogP contribution in [-0.2, 0) is 9.59 Å². The van der Waals surface area contributed by atoms with Gasteiger partial charge in [0.05, 0.1) is 11.8 Å². The number of nitrogens with one attached hydrogen (secondary N) is 2. The summed E-state index contributed by atoms with van der Waals surface area (Å²) in [5.74, 6) is 1.25. The number of guanidine groups is 1. The normalized spacial score (nSPS) is 28.2. The largest absolute Gasteiger partial charge is 0.357 e. The van der Waals surface area contributed by atoms with E-state index in [2.05, 4.69) is 53.4 Å². The van der Waals surface area contributed by atoms with Gasteiger partial charge in [-0.25, -0.2) is 0 Å². The average molecular weight is 404 g/mol. The second kappa shape index (κ2) is 9.74. The predicted molar refractivity (Wildman–Crippen MR) is 115 cm³/mol. The van der Waals surface area contributed by atoms with E-state index in [1.165, 1.54) is 4.90 Å². The molecule has 2 bridgehead atoms. The maximum atomic E-state index is 12.7. The third kappa shape index (κ3) is 4.65. The number of likely N-dealkylation sites (tertiary alicyclic amines) is 1. The van der Waals surface area contributed by atoms with E-state index < -0.39 is 0 Å². The van der Waals surface area contributed by atoms with Gasteiger partial charge in [0.2, 0.25) is 11.8 Å². The number of aliphatic imine (C=N–C) groups is 1. The van der Waals surface area contributed by atoms with Gasteiger partial charge in [0.15, 0.2) is 5.96 Å². The number of carbonyl (C=O) groups is 2. The molecule has 3 aliphatic rings. The molecule has 2 N–H and O–H groups in total. The summed E-state index contributed by atoms with van der Waals surface area (Å²) in [6.45, 7) is 13.3. The van der Waals surface area contributed by atoms with E-state index in [-0.39, 0.29) is 35.5 Å². The van der Waals surface area contributed by atoms with E-state index in [9.17, 15) is 9.59 Å². The zero-order valence-electron chi connectivity index (χ0n) is 18.4. The average Bonchev–Trinajstić information content (AvgIpc) is 3.37. The minimum absolute atomic E-state index is 0.0409. The molecular formula is C22H37N5O2. The second-order valence-electron chi connectivity index (χ2n) is 8.59. The zero-order chi connectivity index (χ0) is 21.0. The third-order valence-corrected chi connectivity index (χ3v) is 6.54. The van der Waals surface area contributed by atoms with Crippen molar-refractivity contribution in [1.29, 1.82) is 0 Å². The van der Waals surface area contributed by atoms with E-state index in [0.29, 0.717) is 25.6 Å². The summed E-state index contributed by atoms with van der Waals surface area (Å²) in [6.07, 6.45) is 5.95. The van der Waals surface area contributed by atoms with E-state index in [1.54, 1.807) is 0 Å². The van der Waals surface area contributed by atoms with Crippen LogP contribution in [0.2, 0.25) is 0 Å². The van der Waals surface area contributed by atoms with Gasteiger partial charge in [-0.2, -0.15) is 0 Å². The molecule has 162 valence electrons. The van der Waals surface area contributed by atoms with Crippen LogP contribution in [0.25, 0.3) is 0 Å². The van der Waals surface area contributed by atoms with Gasteiger partial charge < -0.3 is 10.6 Å². The van der Waals surface area contributed by atoms with Crippen molar-refractivity contribution >= 4 is 17.8 Å². The summed E-state index contributed by atoms with van der Waals surface area (Å²) < 4.78 is 0. The van der Waals surface area contributed by atoms with Crippen molar-refractivity contribution in [1.82, 2.24) is 20.4 Å². The molecule has 2 fully saturated rings. The molecule has 0 spiro atoms. The first-order valence-electron chi connectivity index (χ1n) is 11.3. The van der Waals surface area contributed by atoms with Gasteiger partial charge in [0.1, 0.15) is 0 Å². The lowest BCUT2D eigenvalue weighted by Crippen LogP contribution is -2.43. The highest BCUT2D eigenvalue weighted by Crippen LogP contribution is 2.52. The van der Waals surface area contributed by atoms with Gasteiger partial charge in [0.25, 0.3) is 0 Å². The van der Waals surface area contributed by atoms with Crippen molar-refractivity contribution in [3.8, 4) is 0 Å². The molecule has 7 heteroatoms. The van der Waals surface area contributed by atoms with Gasteiger partial charge in [-0.1, -0.05) is 19.1 Å². The van der Waals surface area contributed by atoms with Crippen LogP contribution >= 0.6 is 0 Å². The Hall–Kier alpha value is -1.89. The van der Waals surface area contributed by atoms with Crippen LogP contribution in [0.5, 0.6) is 0 Å². The van der Waals surface area contributed by atoms with Crippen LogP contribution in [0.3, 0.4) is 0 Å². The quantitative estimate of drug-likeness (QED) is 0.190. The standard InChI is InChI=1S/C22H37N5O2/c1-5-23-22(25-11-13-26(6-2)15(3)4)24-10-7-12-27-20(28)18-16-8-9-17(14-16)19(18)21(27)29/h8-9,15-19H,5-7,10-14H2,1-4H3,(H2,23,24,25). The van der Waals surface area contributed by atoms with Crippen LogP contribution in [0.1, 0.15) is 40.5 Å². The molecule has 1 aliphatic heterocycles. The lowest BCUT2D eigenvalue weighted by atomic mass is 9.85. The van der Waals surface area contributed by atoms with Crippen molar-refractivity contribution < 1.29 is 9.59 Å². The predicted octanol–water partition coefficient (Wildman–Crippen LogP) is 1.47. The highest BCUT2D eigenvalue weighted by Gasteiger charge is 2.58. The summed E-state index contributed by atoms with van der Waals surface area (Å²) in [6, 6.07) is 0.529. The number of hydrogen-bond acceptors (Lipinski definition) is 4. The number of imide groups is 1. The van der Waals surface area contributed by atoms with Crippen molar-refractivity contribution in [3.63, 3.8) is 0 Å². The van der Waals surface area contributed by atoms with Gasteiger partial charge in [0, 0.05) is 38.8 Å². The zero-order valence-corrected chi connectivity index (χ0v) is 18.4. The van der Waals surface area contributed by atoms with Gasteiger partial charge in [-0.05, 0) is 52.0 Å². The number of likely N-dealkylation sites (N-methyl/N-ethyl adjacent to an activating group) is 1. The molecule has 4 unspecified atom stereocenters. The first-order chi connectivity index (χ1) is 14.0. The van der Waals surface area contributed by atoms with Crippen LogP contribution < -0.4 is 10.6 Å². The van der Waals surface area contributed by atoms with E-state index in [4.69, 9.17) is 0 Å². The van der Waals surface area contributed by atoms with Gasteiger partial charge >= 0.3 is 0 Å². The number of allylic oxidation sites excluding steroid dienone is 2. The number of hydrogen-bond donors (Lipinski definition) is 2. The Morgan fingerprint density at radius 2 is 1.83 bits per heavy atom. The molecule has 1 heterocycles. The summed E-state index contributed by atoms with van der Waals surface area (Å²) in [5.41, 5.74) is 0. The van der Waals surface area contributed by atoms with Crippen molar-refractivity contribution in [2.24, 2.45) is 28.7 Å². The Labute approximate surface area is 175 Å². The summed E-state index contributed by atoms with van der Waals surface area (Å²) in [7, 11) is 0. The van der Waals surface area contributed by atoms with Crippen LogP contribution in [-0.4, -0.2) is 72.9 Å². The van der Waals surface area contributed by atoms with Crippen LogP contribution in [0, 0.1) is 23.7 Å². The van der Waals surface area contributed by atoms with Crippen molar-refractivity contribution in [3.05, 3.63) is 12.2 Å². The van der Waals surface area contributed by atoms with Crippen molar-refractivity contribution in [2.45, 2.75) is 46.6 Å². The highest BCUT2D eigenvalue weighted by atomic mass is 16.2. The monoisotopic (exact) mass is 403 g/mol. The van der Waals surface area contributed by atoms with E-state index in [1.807, 2.05) is 6.92 Å². The van der Waals surface area contributed by atoms with Gasteiger partial charge in [-0.15, -0.1) is 0 Å². The SMILES string of the molecule is CCNC(=NCCCN1C(=O)C2C3C=CC(C3)C2C1=O)NCCN(CC)C(C)C. The number of amides is 2. The Kier molecular flexibility index (Phi) is 7.33. The second-order valence-corrected chi connectivity index (χ2v) is 8.59. The molecule has 0 aromatic rings. The Balaban J connectivity index is 1.44. The molecule has 0 aromatic heterocycles. The minimum Gasteiger partial charge on any atom is -0.357 e. The molecular weight excluding hydrogens is 366 g/mol. The molecule has 3 rings (SSSR count). The fourth-order valence-corrected chi connectivity index (χ4v) is 5.05. The molecule has 29 heavy (non-hydrogen) atoms. The number of nitrogens with zero attached hydrogens (tertiary/aromatic N) is 3. The number of rotatable bonds is 10. The van der Waals surface area contributed by atoms with E-state index >= 15 is 0 Å². The molecule has 2 aliphatic carbocycles. The van der Waals surface area contributed by atoms with Crippen LogP contribution in [0.4, 0.5) is 0 Å². The molecule has 0 aromatic carbocycles. The lowest BCUT2D eigenvalue weighted by Gasteiger charge is -2.25. The Morgan fingerprint density at radius 3 is 2.38 bits per heavy atom. The summed E-state index contributed by atoms with van der Waals surface area (Å²) in [4.78, 5) is 33.9. The Morgan fingerprint density at radius 1 is 1.17 bits per heavy atom. The molecule has 1 saturated carbocycles. The van der Waals surface area contributed by atoms with Crippen LogP contribution in [0.15, 0.2) is 17.1 Å². The summed E-state index contributed by atoms with van der Waals surface area (Å²) in [5, 5.41) is 6.65. The topological polar surface area (TPSA) is 77.0 Å². The van der Waals surface area contributed by atoms with E-state index in [0.717, 1.165) is 38.6 Å². The number of fused-ring (bicyclic) bond motifs is 5. The third-order valence-electron chi connectivity index (χ3n) is 6.54. The fourth-order valence-electron chi connectivity index (χ4n) is 5.05. The van der Waals surface area contributed by atoms with Gasteiger partial charge in [-0.3, -0.25) is 24.4 Å². The molecule has 1 saturated heterocycles. The first-order valence-corrected chi connectivity index (χ1v) is 11.3. The number of carbonyl (C=O) groups excluding carboxylic acids is 2. The molecule has 4 atom stereocenters. The first kappa shape index (κ1) is 21.8. The maximum Gasteiger partial charge on any atom is 0.233 e. The molecule has 7 nitrogen and oxygen atoms in total. The maximum absolute atomic E-state index is 12.7.